The fourth-order valence-corrected chi connectivity index (χ4v) is 1.70. The monoisotopic (exact) mass is 268 g/mol. The van der Waals surface area contributed by atoms with Gasteiger partial charge in [0.15, 0.2) is 0 Å². The molecule has 4 nitrogen and oxygen atoms in total. The Bertz CT molecular complexity index is 551. The maximum absolute atomic E-state index is 11.8. The molecular weight excluding hydrogens is 260 g/mol. The second-order valence-electron chi connectivity index (χ2n) is 3.14. The SMILES string of the molecule is O=c1c(CCO)cnc2cc(Br)ccn12. The van der Waals surface area contributed by atoms with Crippen molar-refractivity contribution in [1.82, 2.24) is 9.38 Å². The van der Waals surface area contributed by atoms with Crippen LogP contribution in [0.2, 0.25) is 0 Å². The summed E-state index contributed by atoms with van der Waals surface area (Å²) < 4.78 is 2.35. The van der Waals surface area contributed by atoms with Gasteiger partial charge < -0.3 is 5.11 Å². The van der Waals surface area contributed by atoms with Gasteiger partial charge in [-0.3, -0.25) is 9.20 Å². The molecule has 0 bridgehead atoms. The number of hydrogen-bond acceptors (Lipinski definition) is 3. The molecule has 0 fully saturated rings. The molecule has 0 atom stereocenters. The van der Waals surface area contributed by atoms with E-state index >= 15 is 0 Å². The number of rotatable bonds is 2. The second-order valence-corrected chi connectivity index (χ2v) is 4.05. The average molecular weight is 269 g/mol. The van der Waals surface area contributed by atoms with Crippen molar-refractivity contribution < 1.29 is 5.11 Å². The van der Waals surface area contributed by atoms with E-state index in [1.54, 1.807) is 18.3 Å². The van der Waals surface area contributed by atoms with Gasteiger partial charge in [-0.1, -0.05) is 15.9 Å². The third-order valence-electron chi connectivity index (χ3n) is 2.12. The van der Waals surface area contributed by atoms with Gasteiger partial charge in [0.05, 0.1) is 0 Å². The normalized spacial score (nSPS) is 10.8. The quantitative estimate of drug-likeness (QED) is 0.884. The number of nitrogens with zero attached hydrogens (tertiary/aromatic N) is 2. The zero-order valence-electron chi connectivity index (χ0n) is 7.85. The lowest BCUT2D eigenvalue weighted by Crippen LogP contribution is -2.19. The Labute approximate surface area is 94.3 Å². The molecule has 0 aliphatic rings. The summed E-state index contributed by atoms with van der Waals surface area (Å²) in [7, 11) is 0. The Hall–Kier alpha value is -1.20. The number of halogens is 1. The van der Waals surface area contributed by atoms with Crippen molar-refractivity contribution in [3.05, 3.63) is 44.9 Å². The van der Waals surface area contributed by atoms with E-state index in [4.69, 9.17) is 5.11 Å². The van der Waals surface area contributed by atoms with Crippen LogP contribution in [0, 0.1) is 0 Å². The van der Waals surface area contributed by atoms with Gasteiger partial charge in [-0.05, 0) is 12.1 Å². The van der Waals surface area contributed by atoms with Crippen LogP contribution in [0.4, 0.5) is 0 Å². The van der Waals surface area contributed by atoms with E-state index < -0.39 is 0 Å². The third-order valence-corrected chi connectivity index (χ3v) is 2.62. The average Bonchev–Trinajstić information content (AvgIpc) is 2.22. The van der Waals surface area contributed by atoms with Gasteiger partial charge in [0, 0.05) is 35.5 Å². The first kappa shape index (κ1) is 10.3. The van der Waals surface area contributed by atoms with Crippen LogP contribution in [-0.4, -0.2) is 21.1 Å². The zero-order valence-corrected chi connectivity index (χ0v) is 9.44. The van der Waals surface area contributed by atoms with E-state index in [1.165, 1.54) is 10.6 Å². The molecule has 78 valence electrons. The highest BCUT2D eigenvalue weighted by atomic mass is 79.9. The third kappa shape index (κ3) is 1.93. The van der Waals surface area contributed by atoms with Crippen LogP contribution in [-0.2, 0) is 6.42 Å². The van der Waals surface area contributed by atoms with Crippen LogP contribution in [0.3, 0.4) is 0 Å². The van der Waals surface area contributed by atoms with E-state index in [1.807, 2.05) is 0 Å². The predicted octanol–water partition coefficient (Wildman–Crippen LogP) is 0.992. The van der Waals surface area contributed by atoms with Crippen molar-refractivity contribution in [2.45, 2.75) is 6.42 Å². The molecule has 1 N–H and O–H groups in total. The van der Waals surface area contributed by atoms with Gasteiger partial charge >= 0.3 is 0 Å². The van der Waals surface area contributed by atoms with Crippen LogP contribution in [0.1, 0.15) is 5.56 Å². The van der Waals surface area contributed by atoms with Gasteiger partial charge in [-0.15, -0.1) is 0 Å². The molecule has 0 unspecified atom stereocenters. The Balaban J connectivity index is 2.69. The summed E-state index contributed by atoms with van der Waals surface area (Å²) >= 11 is 3.31. The molecule has 2 heterocycles. The lowest BCUT2D eigenvalue weighted by molar-refractivity contribution is 0.299. The van der Waals surface area contributed by atoms with Crippen molar-refractivity contribution in [2.24, 2.45) is 0 Å². The van der Waals surface area contributed by atoms with E-state index in [-0.39, 0.29) is 12.2 Å². The summed E-state index contributed by atoms with van der Waals surface area (Å²) in [6, 6.07) is 3.54. The first-order chi connectivity index (χ1) is 7.22. The van der Waals surface area contributed by atoms with E-state index in [2.05, 4.69) is 20.9 Å². The Morgan fingerprint density at radius 2 is 2.33 bits per heavy atom. The number of aromatic nitrogens is 2. The highest BCUT2D eigenvalue weighted by molar-refractivity contribution is 9.10. The molecule has 0 radical (unpaired) electrons. The van der Waals surface area contributed by atoms with Crippen molar-refractivity contribution in [3.63, 3.8) is 0 Å². The topological polar surface area (TPSA) is 54.6 Å². The lowest BCUT2D eigenvalue weighted by atomic mass is 10.2. The molecule has 0 aliphatic heterocycles. The molecule has 5 heteroatoms. The maximum Gasteiger partial charge on any atom is 0.261 e. The summed E-state index contributed by atoms with van der Waals surface area (Å²) in [6.07, 6.45) is 3.51. The zero-order chi connectivity index (χ0) is 10.8. The van der Waals surface area contributed by atoms with Crippen molar-refractivity contribution >= 4 is 21.6 Å². The number of aliphatic hydroxyl groups is 1. The largest absolute Gasteiger partial charge is 0.396 e. The molecule has 0 aliphatic carbocycles. The Morgan fingerprint density at radius 1 is 1.53 bits per heavy atom. The smallest absolute Gasteiger partial charge is 0.261 e. The summed E-state index contributed by atoms with van der Waals surface area (Å²) in [5.41, 5.74) is 0.995. The predicted molar refractivity (Wildman–Crippen MR) is 60.0 cm³/mol. The van der Waals surface area contributed by atoms with E-state index in [0.29, 0.717) is 17.6 Å². The fraction of sp³-hybridized carbons (Fsp3) is 0.200. The Kier molecular flexibility index (Phi) is 2.83. The van der Waals surface area contributed by atoms with Crippen LogP contribution >= 0.6 is 15.9 Å². The minimum atomic E-state index is -0.124. The molecule has 0 saturated carbocycles. The van der Waals surface area contributed by atoms with Crippen molar-refractivity contribution in [2.75, 3.05) is 6.61 Å². The molecule has 0 aromatic carbocycles. The van der Waals surface area contributed by atoms with Gasteiger partial charge in [0.25, 0.3) is 5.56 Å². The first-order valence-electron chi connectivity index (χ1n) is 4.49. The van der Waals surface area contributed by atoms with E-state index in [9.17, 15) is 4.79 Å². The van der Waals surface area contributed by atoms with Crippen LogP contribution in [0.25, 0.3) is 5.65 Å². The Morgan fingerprint density at radius 3 is 3.07 bits per heavy atom. The van der Waals surface area contributed by atoms with Crippen LogP contribution < -0.4 is 5.56 Å². The maximum atomic E-state index is 11.8. The molecule has 0 spiro atoms. The number of hydrogen-bond donors (Lipinski definition) is 1. The molecule has 0 saturated heterocycles. The number of fused-ring (bicyclic) bond motifs is 1. The number of aliphatic hydroxyl groups excluding tert-OH is 1. The highest BCUT2D eigenvalue weighted by Gasteiger charge is 2.03. The number of pyridine rings is 1. The second kappa shape index (κ2) is 4.12. The van der Waals surface area contributed by atoms with Gasteiger partial charge in [-0.2, -0.15) is 0 Å². The summed E-state index contributed by atoms with van der Waals surface area (Å²) in [5, 5.41) is 8.78. The molecule has 0 amide bonds. The molecular formula is C10H9BrN2O2. The van der Waals surface area contributed by atoms with Gasteiger partial charge in [-0.25, -0.2) is 4.98 Å². The fourth-order valence-electron chi connectivity index (χ4n) is 1.38. The summed E-state index contributed by atoms with van der Waals surface area (Å²) in [4.78, 5) is 16.0. The van der Waals surface area contributed by atoms with Crippen LogP contribution in [0.15, 0.2) is 33.8 Å². The minimum Gasteiger partial charge on any atom is -0.396 e. The van der Waals surface area contributed by atoms with Crippen molar-refractivity contribution in [1.29, 1.82) is 0 Å². The van der Waals surface area contributed by atoms with E-state index in [0.717, 1.165) is 4.47 Å². The molecule has 2 aromatic heterocycles. The standard InChI is InChI=1S/C10H9BrN2O2/c11-8-1-3-13-9(5-8)12-6-7(2-4-14)10(13)15/h1,3,5-6,14H,2,4H2. The lowest BCUT2D eigenvalue weighted by Gasteiger charge is -2.02. The van der Waals surface area contributed by atoms with Gasteiger partial charge in [0.1, 0.15) is 5.65 Å². The molecule has 2 rings (SSSR count). The summed E-state index contributed by atoms with van der Waals surface area (Å²) in [5.74, 6) is 0. The minimum absolute atomic E-state index is 0.0421. The molecule has 2 aromatic rings. The highest BCUT2D eigenvalue weighted by Crippen LogP contribution is 2.10. The van der Waals surface area contributed by atoms with Gasteiger partial charge in [0.2, 0.25) is 0 Å². The summed E-state index contributed by atoms with van der Waals surface area (Å²) in [6.45, 7) is -0.0421. The molecule has 15 heavy (non-hydrogen) atoms. The first-order valence-corrected chi connectivity index (χ1v) is 5.28. The van der Waals surface area contributed by atoms with Crippen LogP contribution in [0.5, 0.6) is 0 Å². The van der Waals surface area contributed by atoms with Crippen molar-refractivity contribution in [3.8, 4) is 0 Å².